The Bertz CT molecular complexity index is 851. The van der Waals surface area contributed by atoms with Crippen molar-refractivity contribution in [3.8, 4) is 0 Å². The second-order valence-electron chi connectivity index (χ2n) is 6.86. The molecule has 1 aliphatic carbocycles. The molecule has 1 fully saturated rings. The van der Waals surface area contributed by atoms with Crippen molar-refractivity contribution < 1.29 is 9.59 Å². The van der Waals surface area contributed by atoms with Gasteiger partial charge in [0.25, 0.3) is 5.91 Å². The molecular formula is C21H22N4O2. The van der Waals surface area contributed by atoms with Gasteiger partial charge in [-0.3, -0.25) is 15.0 Å². The highest BCUT2D eigenvalue weighted by atomic mass is 16.2. The van der Waals surface area contributed by atoms with Crippen LogP contribution in [0.2, 0.25) is 0 Å². The van der Waals surface area contributed by atoms with Gasteiger partial charge in [-0.2, -0.15) is 0 Å². The van der Waals surface area contributed by atoms with Crippen molar-refractivity contribution in [2.24, 2.45) is 4.99 Å². The highest BCUT2D eigenvalue weighted by Crippen LogP contribution is 2.31. The predicted molar refractivity (Wildman–Crippen MR) is 105 cm³/mol. The van der Waals surface area contributed by atoms with E-state index in [-0.39, 0.29) is 24.0 Å². The van der Waals surface area contributed by atoms with E-state index in [0.29, 0.717) is 11.5 Å². The molecule has 2 aromatic rings. The Morgan fingerprint density at radius 1 is 0.889 bits per heavy atom. The number of urea groups is 1. The molecule has 2 aliphatic rings. The van der Waals surface area contributed by atoms with Crippen LogP contribution in [0.15, 0.2) is 65.7 Å². The van der Waals surface area contributed by atoms with Gasteiger partial charge in [0.05, 0.1) is 12.1 Å². The first-order chi connectivity index (χ1) is 13.2. The van der Waals surface area contributed by atoms with Crippen LogP contribution in [0.5, 0.6) is 0 Å². The Hall–Kier alpha value is -3.15. The smallest absolute Gasteiger partial charge is 0.307 e. The summed E-state index contributed by atoms with van der Waals surface area (Å²) in [5, 5.41) is 5.76. The summed E-state index contributed by atoms with van der Waals surface area (Å²) < 4.78 is 0. The third-order valence-electron chi connectivity index (χ3n) is 5.05. The van der Waals surface area contributed by atoms with Crippen molar-refractivity contribution in [3.63, 3.8) is 0 Å². The summed E-state index contributed by atoms with van der Waals surface area (Å²) in [5.41, 5.74) is 1.26. The van der Waals surface area contributed by atoms with Crippen molar-refractivity contribution >= 4 is 23.6 Å². The standard InChI is InChI=1S/C21H22N4O2/c26-19(15-9-3-1-4-10-15)24-20-23-17-13-7-8-14-18(17)25(20)21(27)22-16-11-5-2-6-12-16/h1-6,9-12,17-18H,7-8,13-14H2,(H,22,27)(H,23,24,26)/t17-,18+/m0/s1. The fourth-order valence-corrected chi connectivity index (χ4v) is 3.73. The van der Waals surface area contributed by atoms with Gasteiger partial charge >= 0.3 is 6.03 Å². The maximum Gasteiger partial charge on any atom is 0.328 e. The zero-order valence-corrected chi connectivity index (χ0v) is 15.0. The first kappa shape index (κ1) is 17.3. The van der Waals surface area contributed by atoms with Crippen molar-refractivity contribution in [3.05, 3.63) is 66.2 Å². The fourth-order valence-electron chi connectivity index (χ4n) is 3.73. The average Bonchev–Trinajstić information content (AvgIpc) is 3.07. The van der Waals surface area contributed by atoms with Gasteiger partial charge in [0.1, 0.15) is 0 Å². The molecule has 138 valence electrons. The topological polar surface area (TPSA) is 73.8 Å². The van der Waals surface area contributed by atoms with E-state index in [0.717, 1.165) is 31.4 Å². The molecule has 0 spiro atoms. The second-order valence-corrected chi connectivity index (χ2v) is 6.86. The van der Waals surface area contributed by atoms with Crippen LogP contribution in [0.25, 0.3) is 0 Å². The summed E-state index contributed by atoms with van der Waals surface area (Å²) in [4.78, 5) is 31.9. The Kier molecular flexibility index (Phi) is 4.87. The quantitative estimate of drug-likeness (QED) is 0.856. The van der Waals surface area contributed by atoms with Crippen LogP contribution in [-0.4, -0.2) is 34.9 Å². The molecule has 27 heavy (non-hydrogen) atoms. The molecule has 1 aliphatic heterocycles. The number of guanidine groups is 1. The number of fused-ring (bicyclic) bond motifs is 1. The number of aliphatic imine (C=N–C) groups is 1. The van der Waals surface area contributed by atoms with Gasteiger partial charge in [0.15, 0.2) is 0 Å². The number of benzene rings is 2. The molecular weight excluding hydrogens is 340 g/mol. The van der Waals surface area contributed by atoms with E-state index in [1.165, 1.54) is 0 Å². The third-order valence-corrected chi connectivity index (χ3v) is 5.05. The summed E-state index contributed by atoms with van der Waals surface area (Å²) in [6.45, 7) is 0. The SMILES string of the molecule is O=C(NC1=N[C@H]2CCCC[C@H]2N1C(=O)Nc1ccccc1)c1ccccc1. The lowest BCUT2D eigenvalue weighted by molar-refractivity contribution is 0.0973. The van der Waals surface area contributed by atoms with Gasteiger partial charge in [0.2, 0.25) is 5.96 Å². The molecule has 1 heterocycles. The van der Waals surface area contributed by atoms with Crippen LogP contribution < -0.4 is 10.6 Å². The number of nitrogens with zero attached hydrogens (tertiary/aromatic N) is 2. The molecule has 6 nitrogen and oxygen atoms in total. The lowest BCUT2D eigenvalue weighted by Crippen LogP contribution is -2.52. The summed E-state index contributed by atoms with van der Waals surface area (Å²) in [7, 11) is 0. The number of hydrogen-bond acceptors (Lipinski definition) is 3. The van der Waals surface area contributed by atoms with E-state index in [1.54, 1.807) is 17.0 Å². The molecule has 2 aromatic carbocycles. The molecule has 2 atom stereocenters. The maximum absolute atomic E-state index is 13.0. The normalized spacial score (nSPS) is 21.2. The lowest BCUT2D eigenvalue weighted by Gasteiger charge is -2.31. The minimum absolute atomic E-state index is 0.00599. The van der Waals surface area contributed by atoms with Crippen LogP contribution >= 0.6 is 0 Å². The summed E-state index contributed by atoms with van der Waals surface area (Å²) in [6, 6.07) is 18.1. The Morgan fingerprint density at radius 2 is 1.56 bits per heavy atom. The van der Waals surface area contributed by atoms with E-state index < -0.39 is 0 Å². The monoisotopic (exact) mass is 362 g/mol. The third kappa shape index (κ3) is 3.69. The van der Waals surface area contributed by atoms with Crippen LogP contribution in [-0.2, 0) is 0 Å². The van der Waals surface area contributed by atoms with Crippen molar-refractivity contribution in [1.82, 2.24) is 10.2 Å². The molecule has 2 N–H and O–H groups in total. The Labute approximate surface area is 158 Å². The van der Waals surface area contributed by atoms with Crippen LogP contribution in [0.3, 0.4) is 0 Å². The fraction of sp³-hybridized carbons (Fsp3) is 0.286. The number of para-hydroxylation sites is 1. The molecule has 3 amide bonds. The molecule has 4 rings (SSSR count). The van der Waals surface area contributed by atoms with Crippen molar-refractivity contribution in [2.45, 2.75) is 37.8 Å². The zero-order valence-electron chi connectivity index (χ0n) is 15.0. The largest absolute Gasteiger partial charge is 0.328 e. The predicted octanol–water partition coefficient (Wildman–Crippen LogP) is 3.63. The van der Waals surface area contributed by atoms with Crippen molar-refractivity contribution in [1.29, 1.82) is 0 Å². The van der Waals surface area contributed by atoms with Crippen LogP contribution in [0, 0.1) is 0 Å². The number of rotatable bonds is 2. The lowest BCUT2D eigenvalue weighted by atomic mass is 9.91. The number of nitrogens with one attached hydrogen (secondary N) is 2. The number of amides is 3. The average molecular weight is 362 g/mol. The highest BCUT2D eigenvalue weighted by Gasteiger charge is 2.41. The van der Waals surface area contributed by atoms with Gasteiger partial charge in [0, 0.05) is 11.3 Å². The van der Waals surface area contributed by atoms with Crippen molar-refractivity contribution in [2.75, 3.05) is 5.32 Å². The molecule has 0 unspecified atom stereocenters. The highest BCUT2D eigenvalue weighted by molar-refractivity contribution is 6.12. The van der Waals surface area contributed by atoms with Gasteiger partial charge in [-0.05, 0) is 37.1 Å². The molecule has 0 bridgehead atoms. The second kappa shape index (κ2) is 7.61. The zero-order chi connectivity index (χ0) is 18.6. The minimum atomic E-state index is -0.261. The van der Waals surface area contributed by atoms with Gasteiger partial charge < -0.3 is 5.32 Å². The van der Waals surface area contributed by atoms with E-state index in [9.17, 15) is 9.59 Å². The van der Waals surface area contributed by atoms with E-state index >= 15 is 0 Å². The summed E-state index contributed by atoms with van der Waals surface area (Å²) in [6.07, 6.45) is 3.98. The molecule has 1 saturated carbocycles. The Morgan fingerprint density at radius 3 is 2.30 bits per heavy atom. The van der Waals surface area contributed by atoms with Crippen LogP contribution in [0.4, 0.5) is 10.5 Å². The van der Waals surface area contributed by atoms with Gasteiger partial charge in [-0.15, -0.1) is 0 Å². The first-order valence-corrected chi connectivity index (χ1v) is 9.32. The van der Waals surface area contributed by atoms with E-state index in [2.05, 4.69) is 15.6 Å². The van der Waals surface area contributed by atoms with Crippen LogP contribution in [0.1, 0.15) is 36.0 Å². The van der Waals surface area contributed by atoms with E-state index in [1.807, 2.05) is 48.5 Å². The number of hydrogen-bond donors (Lipinski definition) is 2. The number of anilines is 1. The number of carbonyl (C=O) groups excluding carboxylic acids is 2. The van der Waals surface area contributed by atoms with Gasteiger partial charge in [-0.1, -0.05) is 49.2 Å². The Balaban J connectivity index is 1.55. The molecule has 6 heteroatoms. The minimum Gasteiger partial charge on any atom is -0.307 e. The number of carbonyl (C=O) groups is 2. The van der Waals surface area contributed by atoms with E-state index in [4.69, 9.17) is 0 Å². The maximum atomic E-state index is 13.0. The first-order valence-electron chi connectivity index (χ1n) is 9.32. The summed E-state index contributed by atoms with van der Waals surface area (Å²) in [5.74, 6) is 0.0830. The summed E-state index contributed by atoms with van der Waals surface area (Å²) >= 11 is 0. The molecule has 0 radical (unpaired) electrons. The molecule has 0 aromatic heterocycles. The van der Waals surface area contributed by atoms with Gasteiger partial charge in [-0.25, -0.2) is 9.79 Å². The molecule has 0 saturated heterocycles.